The highest BCUT2D eigenvalue weighted by Crippen LogP contribution is 2.38. The molecule has 2 aromatic rings. The number of carbonyl (C=O) groups is 1. The highest BCUT2D eigenvalue weighted by atomic mass is 32.1. The Morgan fingerprint density at radius 2 is 2.43 bits per heavy atom. The van der Waals surface area contributed by atoms with Gasteiger partial charge in [-0.15, -0.1) is 11.3 Å². The summed E-state index contributed by atoms with van der Waals surface area (Å²) in [6, 6.07) is 2.35. The van der Waals surface area contributed by atoms with Crippen molar-refractivity contribution in [2.45, 2.75) is 38.6 Å². The summed E-state index contributed by atoms with van der Waals surface area (Å²) in [6.07, 6.45) is 4.02. The summed E-state index contributed by atoms with van der Waals surface area (Å²) in [4.78, 5) is 17.6. The summed E-state index contributed by atoms with van der Waals surface area (Å²) in [5, 5.41) is 2.13. The maximum absolute atomic E-state index is 11.8. The third-order valence-corrected chi connectivity index (χ3v) is 5.04. The molecule has 0 radical (unpaired) electrons. The van der Waals surface area contributed by atoms with E-state index in [1.165, 1.54) is 17.6 Å². The maximum Gasteiger partial charge on any atom is 0.360 e. The molecular formula is C15H19N3O2S. The van der Waals surface area contributed by atoms with Crippen LogP contribution in [0, 0.1) is 0 Å². The molecule has 2 N–H and O–H groups in total. The predicted molar refractivity (Wildman–Crippen MR) is 82.8 cm³/mol. The van der Waals surface area contributed by atoms with E-state index >= 15 is 0 Å². The molecule has 0 aromatic carbocycles. The van der Waals surface area contributed by atoms with Gasteiger partial charge in [0.2, 0.25) is 0 Å². The Bertz CT molecular complexity index is 675. The molecule has 0 amide bonds. The zero-order valence-corrected chi connectivity index (χ0v) is 13.1. The van der Waals surface area contributed by atoms with Crippen LogP contribution in [-0.2, 0) is 17.6 Å². The predicted octanol–water partition coefficient (Wildman–Crippen LogP) is 2.80. The lowest BCUT2D eigenvalue weighted by atomic mass is 9.93. The number of nitrogen functional groups attached to an aromatic ring is 1. The van der Waals surface area contributed by atoms with E-state index in [-0.39, 0.29) is 11.7 Å². The number of carbonyl (C=O) groups excluding carboxylic acids is 1. The van der Waals surface area contributed by atoms with Crippen molar-refractivity contribution in [3.05, 3.63) is 33.4 Å². The molecule has 6 heteroatoms. The van der Waals surface area contributed by atoms with E-state index < -0.39 is 5.97 Å². The van der Waals surface area contributed by atoms with Gasteiger partial charge in [0.05, 0.1) is 13.2 Å². The van der Waals surface area contributed by atoms with Gasteiger partial charge < -0.3 is 15.0 Å². The van der Waals surface area contributed by atoms with E-state index in [2.05, 4.69) is 16.4 Å². The topological polar surface area (TPSA) is 70.1 Å². The van der Waals surface area contributed by atoms with Gasteiger partial charge in [0.1, 0.15) is 11.6 Å². The quantitative estimate of drug-likeness (QED) is 0.885. The zero-order valence-electron chi connectivity index (χ0n) is 12.3. The highest BCUT2D eigenvalue weighted by Gasteiger charge is 2.29. The lowest BCUT2D eigenvalue weighted by Crippen LogP contribution is -2.19. The second-order valence-corrected chi connectivity index (χ2v) is 6.18. The first-order valence-electron chi connectivity index (χ1n) is 7.18. The Morgan fingerprint density at radius 3 is 3.14 bits per heavy atom. The van der Waals surface area contributed by atoms with Crippen LogP contribution in [0.5, 0.6) is 0 Å². The van der Waals surface area contributed by atoms with Crippen molar-refractivity contribution >= 4 is 23.1 Å². The molecule has 21 heavy (non-hydrogen) atoms. The number of rotatable bonds is 3. The molecule has 0 saturated heterocycles. The van der Waals surface area contributed by atoms with E-state index in [0.29, 0.717) is 5.82 Å². The number of aryl methyl sites for hydroxylation is 2. The molecule has 0 saturated carbocycles. The van der Waals surface area contributed by atoms with E-state index in [1.807, 2.05) is 11.5 Å². The first-order chi connectivity index (χ1) is 10.2. The fraction of sp³-hybridized carbons (Fsp3) is 0.467. The number of hydrogen-bond acceptors (Lipinski definition) is 5. The summed E-state index contributed by atoms with van der Waals surface area (Å²) in [7, 11) is 1.35. The van der Waals surface area contributed by atoms with E-state index in [9.17, 15) is 4.79 Å². The highest BCUT2D eigenvalue weighted by molar-refractivity contribution is 7.10. The van der Waals surface area contributed by atoms with Crippen LogP contribution < -0.4 is 5.73 Å². The average Bonchev–Trinajstić information content (AvgIpc) is 3.10. The Kier molecular flexibility index (Phi) is 3.71. The third-order valence-electron chi connectivity index (χ3n) is 4.05. The lowest BCUT2D eigenvalue weighted by Gasteiger charge is -2.26. The second-order valence-electron chi connectivity index (χ2n) is 5.18. The minimum Gasteiger partial charge on any atom is -0.464 e. The van der Waals surface area contributed by atoms with Gasteiger partial charge >= 0.3 is 5.97 Å². The van der Waals surface area contributed by atoms with Crippen molar-refractivity contribution < 1.29 is 9.53 Å². The minimum atomic E-state index is -0.470. The number of anilines is 1. The zero-order chi connectivity index (χ0) is 15.0. The van der Waals surface area contributed by atoms with E-state index in [1.54, 1.807) is 11.3 Å². The molecule has 0 bridgehead atoms. The van der Waals surface area contributed by atoms with Crippen LogP contribution >= 0.6 is 11.3 Å². The van der Waals surface area contributed by atoms with Gasteiger partial charge in [-0.3, -0.25) is 0 Å². The normalized spacial score (nSPS) is 17.5. The average molecular weight is 305 g/mol. The van der Waals surface area contributed by atoms with Crippen molar-refractivity contribution in [1.82, 2.24) is 9.55 Å². The molecule has 2 heterocycles. The number of thiophene rings is 1. The molecule has 2 aromatic heterocycles. The molecule has 5 nitrogen and oxygen atoms in total. The van der Waals surface area contributed by atoms with Crippen molar-refractivity contribution in [2.24, 2.45) is 0 Å². The van der Waals surface area contributed by atoms with Gasteiger partial charge in [-0.25, -0.2) is 9.78 Å². The van der Waals surface area contributed by atoms with Gasteiger partial charge in [-0.2, -0.15) is 0 Å². The lowest BCUT2D eigenvalue weighted by molar-refractivity contribution is 0.0595. The summed E-state index contributed by atoms with van der Waals surface area (Å²) >= 11 is 1.79. The molecule has 0 spiro atoms. The summed E-state index contributed by atoms with van der Waals surface area (Å²) < 4.78 is 6.80. The number of nitrogens with zero attached hydrogens (tertiary/aromatic N) is 2. The Hall–Kier alpha value is -1.82. The number of imidazole rings is 1. The fourth-order valence-electron chi connectivity index (χ4n) is 3.07. The number of ether oxygens (including phenoxy) is 1. The van der Waals surface area contributed by atoms with Crippen LogP contribution in [0.4, 0.5) is 5.82 Å². The van der Waals surface area contributed by atoms with Gasteiger partial charge in [0, 0.05) is 11.3 Å². The first kappa shape index (κ1) is 14.1. The molecule has 1 aliphatic carbocycles. The summed E-state index contributed by atoms with van der Waals surface area (Å²) in [6.45, 7) is 2.02. The number of aromatic nitrogens is 2. The number of esters is 1. The Balaban J connectivity index is 2.11. The third kappa shape index (κ3) is 2.23. The molecule has 1 unspecified atom stereocenters. The van der Waals surface area contributed by atoms with E-state index in [0.717, 1.165) is 31.5 Å². The van der Waals surface area contributed by atoms with Gasteiger partial charge in [0.25, 0.3) is 0 Å². The monoisotopic (exact) mass is 305 g/mol. The molecule has 3 rings (SSSR count). The smallest absolute Gasteiger partial charge is 0.360 e. The largest absolute Gasteiger partial charge is 0.464 e. The van der Waals surface area contributed by atoms with E-state index in [4.69, 9.17) is 10.5 Å². The van der Waals surface area contributed by atoms with Crippen LogP contribution in [0.15, 0.2) is 11.4 Å². The summed E-state index contributed by atoms with van der Waals surface area (Å²) in [5.41, 5.74) is 7.77. The van der Waals surface area contributed by atoms with Crippen LogP contribution in [-0.4, -0.2) is 22.6 Å². The molecule has 112 valence electrons. The van der Waals surface area contributed by atoms with Crippen molar-refractivity contribution in [3.8, 4) is 0 Å². The maximum atomic E-state index is 11.8. The number of hydrogen-bond donors (Lipinski definition) is 1. The minimum absolute atomic E-state index is 0.181. The summed E-state index contributed by atoms with van der Waals surface area (Å²) in [5.74, 6) is 0.794. The van der Waals surface area contributed by atoms with Gasteiger partial charge in [0.15, 0.2) is 5.69 Å². The number of nitrogens with two attached hydrogens (primary N) is 1. The molecule has 1 aliphatic rings. The Morgan fingerprint density at radius 1 is 1.62 bits per heavy atom. The standard InChI is InChI=1S/C15H19N3O2S/c1-3-12-17-13(15(19)20-2)14(16)18(12)10-5-4-6-11-9(10)7-8-21-11/h7-8,10H,3-6,16H2,1-2H3. The number of methoxy groups -OCH3 is 1. The Labute approximate surface area is 127 Å². The van der Waals surface area contributed by atoms with Crippen LogP contribution in [0.3, 0.4) is 0 Å². The van der Waals surface area contributed by atoms with Crippen LogP contribution in [0.2, 0.25) is 0 Å². The molecule has 0 aliphatic heterocycles. The molecular weight excluding hydrogens is 286 g/mol. The fourth-order valence-corrected chi connectivity index (χ4v) is 4.05. The molecule has 1 atom stereocenters. The second kappa shape index (κ2) is 5.52. The van der Waals surface area contributed by atoms with Crippen LogP contribution in [0.1, 0.15) is 52.6 Å². The molecule has 0 fully saturated rings. The van der Waals surface area contributed by atoms with Crippen LogP contribution in [0.25, 0.3) is 0 Å². The number of fused-ring (bicyclic) bond motifs is 1. The first-order valence-corrected chi connectivity index (χ1v) is 8.06. The van der Waals surface area contributed by atoms with Gasteiger partial charge in [-0.05, 0) is 36.3 Å². The van der Waals surface area contributed by atoms with Gasteiger partial charge in [-0.1, -0.05) is 6.92 Å². The van der Waals surface area contributed by atoms with Crippen molar-refractivity contribution in [2.75, 3.05) is 12.8 Å². The van der Waals surface area contributed by atoms with Crippen molar-refractivity contribution in [3.63, 3.8) is 0 Å². The SMILES string of the molecule is CCc1nc(C(=O)OC)c(N)n1C1CCCc2sccc21. The van der Waals surface area contributed by atoms with Crippen molar-refractivity contribution in [1.29, 1.82) is 0 Å².